The summed E-state index contributed by atoms with van der Waals surface area (Å²) in [5.74, 6) is 5.18. The highest BCUT2D eigenvalue weighted by Gasteiger charge is 2.53. The van der Waals surface area contributed by atoms with Crippen LogP contribution >= 0.6 is 0 Å². The molecule has 0 radical (unpaired) electrons. The minimum Gasteiger partial charge on any atom is -0.381 e. The van der Waals surface area contributed by atoms with Crippen LogP contribution in [0.5, 0.6) is 0 Å². The zero-order chi connectivity index (χ0) is 15.2. The highest BCUT2D eigenvalue weighted by atomic mass is 16.5. The molecule has 0 unspecified atom stereocenters. The molecule has 0 aromatic carbocycles. The van der Waals surface area contributed by atoms with Crippen LogP contribution in [0.4, 0.5) is 0 Å². The Hall–Kier alpha value is -0.120. The van der Waals surface area contributed by atoms with Crippen LogP contribution in [0.25, 0.3) is 0 Å². The standard InChI is InChI=1S/C20H34N2O/c1-2-17-15-10-19(18(17)3-1)20(11-15)21-16-4-7-22(8-5-16)12-14-6-9-23-13-14/h14-21H,1-13H2/t14-,15+,17+,18+,19-,20-/m0/s1. The normalized spacial score (nSPS) is 47.5. The van der Waals surface area contributed by atoms with E-state index in [-0.39, 0.29) is 0 Å². The molecule has 2 aliphatic heterocycles. The van der Waals surface area contributed by atoms with Gasteiger partial charge in [0.15, 0.2) is 0 Å². The van der Waals surface area contributed by atoms with Crippen molar-refractivity contribution in [3.63, 3.8) is 0 Å². The van der Waals surface area contributed by atoms with Crippen molar-refractivity contribution in [1.82, 2.24) is 10.2 Å². The van der Waals surface area contributed by atoms with Crippen LogP contribution in [-0.2, 0) is 4.74 Å². The summed E-state index contributed by atoms with van der Waals surface area (Å²) >= 11 is 0. The van der Waals surface area contributed by atoms with Gasteiger partial charge in [0.2, 0.25) is 0 Å². The van der Waals surface area contributed by atoms with Gasteiger partial charge in [0.05, 0.1) is 6.61 Å². The van der Waals surface area contributed by atoms with Gasteiger partial charge in [-0.15, -0.1) is 0 Å². The van der Waals surface area contributed by atoms with Gasteiger partial charge < -0.3 is 15.0 Å². The number of nitrogens with one attached hydrogen (secondary N) is 1. The third-order valence-electron chi connectivity index (χ3n) is 8.01. The third kappa shape index (κ3) is 2.87. The fourth-order valence-electron chi connectivity index (χ4n) is 6.94. The van der Waals surface area contributed by atoms with Crippen LogP contribution in [-0.4, -0.2) is 49.8 Å². The number of fused-ring (bicyclic) bond motifs is 5. The van der Waals surface area contributed by atoms with E-state index >= 15 is 0 Å². The summed E-state index contributed by atoms with van der Waals surface area (Å²) in [7, 11) is 0. The van der Waals surface area contributed by atoms with Crippen molar-refractivity contribution >= 4 is 0 Å². The topological polar surface area (TPSA) is 24.5 Å². The fraction of sp³-hybridized carbons (Fsp3) is 1.00. The number of nitrogens with zero attached hydrogens (tertiary/aromatic N) is 1. The molecule has 0 aromatic rings. The van der Waals surface area contributed by atoms with E-state index in [1.165, 1.54) is 51.7 Å². The van der Waals surface area contributed by atoms with Gasteiger partial charge in [-0.25, -0.2) is 0 Å². The summed E-state index contributed by atoms with van der Waals surface area (Å²) in [5, 5.41) is 4.12. The molecule has 0 aromatic heterocycles. The highest BCUT2D eigenvalue weighted by Crippen LogP contribution is 2.58. The Balaban J connectivity index is 1.09. The van der Waals surface area contributed by atoms with E-state index in [1.54, 1.807) is 19.3 Å². The van der Waals surface area contributed by atoms with Crippen molar-refractivity contribution in [3.05, 3.63) is 0 Å². The van der Waals surface area contributed by atoms with Crippen LogP contribution in [0.15, 0.2) is 0 Å². The number of rotatable bonds is 4. The summed E-state index contributed by atoms with van der Waals surface area (Å²) in [6.07, 6.45) is 11.7. The zero-order valence-corrected chi connectivity index (χ0v) is 14.6. The highest BCUT2D eigenvalue weighted by molar-refractivity contribution is 5.06. The average Bonchev–Trinajstić information content (AvgIpc) is 3.31. The summed E-state index contributed by atoms with van der Waals surface area (Å²) in [4.78, 5) is 2.70. The molecule has 3 saturated carbocycles. The number of likely N-dealkylation sites (tertiary alicyclic amines) is 1. The van der Waals surface area contributed by atoms with Crippen LogP contribution < -0.4 is 5.32 Å². The molecular formula is C20H34N2O. The minimum absolute atomic E-state index is 0.801. The predicted octanol–water partition coefficient (Wildman–Crippen LogP) is 2.90. The number of ether oxygens (including phenoxy) is 1. The van der Waals surface area contributed by atoms with Crippen molar-refractivity contribution in [1.29, 1.82) is 0 Å². The number of piperidine rings is 1. The Morgan fingerprint density at radius 1 is 0.913 bits per heavy atom. The summed E-state index contributed by atoms with van der Waals surface area (Å²) in [6, 6.07) is 1.68. The second kappa shape index (κ2) is 6.31. The summed E-state index contributed by atoms with van der Waals surface area (Å²) in [6.45, 7) is 5.90. The molecular weight excluding hydrogens is 284 g/mol. The van der Waals surface area contributed by atoms with Crippen molar-refractivity contribution in [2.75, 3.05) is 32.8 Å². The largest absolute Gasteiger partial charge is 0.381 e. The first kappa shape index (κ1) is 15.2. The summed E-state index contributed by atoms with van der Waals surface area (Å²) < 4.78 is 5.53. The van der Waals surface area contributed by atoms with E-state index in [4.69, 9.17) is 4.74 Å². The molecule has 1 N–H and O–H groups in total. The van der Waals surface area contributed by atoms with E-state index < -0.39 is 0 Å². The molecule has 0 spiro atoms. The first-order valence-electron chi connectivity index (χ1n) is 10.4. The molecule has 6 atom stereocenters. The second-order valence-electron chi connectivity index (χ2n) is 9.23. The molecule has 3 heteroatoms. The van der Waals surface area contributed by atoms with Gasteiger partial charge in [0.25, 0.3) is 0 Å². The first-order chi connectivity index (χ1) is 11.4. The molecule has 2 saturated heterocycles. The lowest BCUT2D eigenvalue weighted by Gasteiger charge is -2.38. The zero-order valence-electron chi connectivity index (χ0n) is 14.6. The Morgan fingerprint density at radius 2 is 1.78 bits per heavy atom. The van der Waals surface area contributed by atoms with Crippen LogP contribution in [0.3, 0.4) is 0 Å². The van der Waals surface area contributed by atoms with Gasteiger partial charge in [-0.05, 0) is 87.6 Å². The Kier molecular flexibility index (Phi) is 4.16. The van der Waals surface area contributed by atoms with Crippen molar-refractivity contribution in [2.45, 2.75) is 63.5 Å². The number of hydrogen-bond donors (Lipinski definition) is 1. The van der Waals surface area contributed by atoms with Gasteiger partial charge in [-0.3, -0.25) is 0 Å². The lowest BCUT2D eigenvalue weighted by molar-refractivity contribution is 0.134. The third-order valence-corrected chi connectivity index (χ3v) is 8.01. The fourth-order valence-corrected chi connectivity index (χ4v) is 6.94. The Labute approximate surface area is 141 Å². The van der Waals surface area contributed by atoms with E-state index in [2.05, 4.69) is 10.2 Å². The molecule has 5 fully saturated rings. The maximum atomic E-state index is 5.53. The van der Waals surface area contributed by atoms with Crippen LogP contribution in [0.1, 0.15) is 51.4 Å². The van der Waals surface area contributed by atoms with Crippen molar-refractivity contribution in [3.8, 4) is 0 Å². The second-order valence-corrected chi connectivity index (χ2v) is 9.23. The van der Waals surface area contributed by atoms with Crippen molar-refractivity contribution < 1.29 is 4.74 Å². The van der Waals surface area contributed by atoms with Gasteiger partial charge in [-0.1, -0.05) is 6.42 Å². The van der Waals surface area contributed by atoms with E-state index in [0.29, 0.717) is 0 Å². The lowest BCUT2D eigenvalue weighted by atomic mass is 9.78. The Bertz CT molecular complexity index is 414. The van der Waals surface area contributed by atoms with Gasteiger partial charge >= 0.3 is 0 Å². The minimum atomic E-state index is 0.801. The lowest BCUT2D eigenvalue weighted by Crippen LogP contribution is -2.49. The molecule has 5 aliphatic rings. The maximum absolute atomic E-state index is 5.53. The molecule has 2 bridgehead atoms. The van der Waals surface area contributed by atoms with E-state index in [9.17, 15) is 0 Å². The molecule has 0 amide bonds. The Morgan fingerprint density at radius 3 is 2.61 bits per heavy atom. The van der Waals surface area contributed by atoms with Crippen molar-refractivity contribution in [2.24, 2.45) is 29.6 Å². The monoisotopic (exact) mass is 318 g/mol. The molecule has 5 rings (SSSR count). The quantitative estimate of drug-likeness (QED) is 0.862. The SMILES string of the molecule is C1C[C@@H]2[C@H](C1)[C@@H]1C[C@@H]2[C@@H](NC2CCN(C[C@@H]3CCOC3)CC2)C1. The molecule has 2 heterocycles. The average molecular weight is 319 g/mol. The van der Waals surface area contributed by atoms with E-state index in [0.717, 1.165) is 54.9 Å². The van der Waals surface area contributed by atoms with E-state index in [1.807, 2.05) is 0 Å². The van der Waals surface area contributed by atoms with Gasteiger partial charge in [0.1, 0.15) is 0 Å². The smallest absolute Gasteiger partial charge is 0.0507 e. The summed E-state index contributed by atoms with van der Waals surface area (Å²) in [5.41, 5.74) is 0. The maximum Gasteiger partial charge on any atom is 0.0507 e. The van der Waals surface area contributed by atoms with Crippen LogP contribution in [0, 0.1) is 29.6 Å². The molecule has 3 nitrogen and oxygen atoms in total. The van der Waals surface area contributed by atoms with Crippen LogP contribution in [0.2, 0.25) is 0 Å². The number of hydrogen-bond acceptors (Lipinski definition) is 3. The van der Waals surface area contributed by atoms with Gasteiger partial charge in [0, 0.05) is 25.2 Å². The van der Waals surface area contributed by atoms with Gasteiger partial charge in [-0.2, -0.15) is 0 Å². The first-order valence-corrected chi connectivity index (χ1v) is 10.4. The molecule has 3 aliphatic carbocycles. The molecule has 23 heavy (non-hydrogen) atoms. The predicted molar refractivity (Wildman–Crippen MR) is 92.4 cm³/mol. The molecule has 130 valence electrons.